The monoisotopic (exact) mass is 295 g/mol. The second-order valence-corrected chi connectivity index (χ2v) is 5.76. The Kier molecular flexibility index (Phi) is 3.57. The molecule has 0 aliphatic heterocycles. The quantitative estimate of drug-likeness (QED) is 0.651. The normalized spacial score (nSPS) is 11.1. The topological polar surface area (TPSA) is 128 Å². The highest BCUT2D eigenvalue weighted by Gasteiger charge is 2.15. The largest absolute Gasteiger partial charge is 0.333 e. The lowest BCUT2D eigenvalue weighted by atomic mass is 10.4. The van der Waals surface area contributed by atoms with Gasteiger partial charge in [0, 0.05) is 6.26 Å². The number of anilines is 2. The third-order valence-electron chi connectivity index (χ3n) is 2.27. The van der Waals surface area contributed by atoms with Gasteiger partial charge in [0.25, 0.3) is 0 Å². The Balaban J connectivity index is 2.30. The van der Waals surface area contributed by atoms with Gasteiger partial charge in [-0.1, -0.05) is 0 Å². The van der Waals surface area contributed by atoms with Crippen LogP contribution in [0.5, 0.6) is 0 Å². The van der Waals surface area contributed by atoms with E-state index >= 15 is 0 Å². The molecule has 0 saturated heterocycles. The molecule has 1 N–H and O–H groups in total. The van der Waals surface area contributed by atoms with Crippen LogP contribution >= 0.6 is 0 Å². The molecule has 10 heteroatoms. The molecule has 0 aliphatic carbocycles. The molecule has 2 aromatic heterocycles. The Hall–Kier alpha value is -2.62. The predicted molar refractivity (Wildman–Crippen MR) is 69.3 cm³/mol. The van der Waals surface area contributed by atoms with Crippen LogP contribution in [0.2, 0.25) is 0 Å². The van der Waals surface area contributed by atoms with Crippen molar-refractivity contribution in [1.82, 2.24) is 15.0 Å². The van der Waals surface area contributed by atoms with Crippen LogP contribution in [0.1, 0.15) is 0 Å². The molecule has 0 spiro atoms. The molecule has 0 bridgehead atoms. The summed E-state index contributed by atoms with van der Waals surface area (Å²) in [5.74, 6) is -0.00101. The van der Waals surface area contributed by atoms with E-state index in [9.17, 15) is 18.5 Å². The van der Waals surface area contributed by atoms with E-state index in [2.05, 4.69) is 20.3 Å². The minimum absolute atomic E-state index is 0.00101. The van der Waals surface area contributed by atoms with Crippen LogP contribution in [0.25, 0.3) is 0 Å². The third-order valence-corrected chi connectivity index (χ3v) is 3.27. The summed E-state index contributed by atoms with van der Waals surface area (Å²) >= 11 is 0. The number of nitrogens with one attached hydrogen (secondary N) is 1. The number of sulfone groups is 1. The highest BCUT2D eigenvalue weighted by Crippen LogP contribution is 2.23. The Morgan fingerprint density at radius 1 is 1.25 bits per heavy atom. The fraction of sp³-hybridized carbons (Fsp3) is 0.100. The third kappa shape index (κ3) is 3.03. The Labute approximate surface area is 113 Å². The number of hydrogen-bond acceptors (Lipinski definition) is 8. The van der Waals surface area contributed by atoms with E-state index in [-0.39, 0.29) is 16.5 Å². The summed E-state index contributed by atoms with van der Waals surface area (Å²) in [7, 11) is -3.39. The maximum atomic E-state index is 11.3. The van der Waals surface area contributed by atoms with E-state index in [1.54, 1.807) is 0 Å². The zero-order chi connectivity index (χ0) is 14.8. The molecule has 0 atom stereocenters. The fourth-order valence-electron chi connectivity index (χ4n) is 1.36. The van der Waals surface area contributed by atoms with Gasteiger partial charge in [0.2, 0.25) is 5.82 Å². The van der Waals surface area contributed by atoms with Crippen LogP contribution < -0.4 is 5.32 Å². The minimum Gasteiger partial charge on any atom is -0.333 e. The van der Waals surface area contributed by atoms with Gasteiger partial charge in [-0.15, -0.1) is 0 Å². The van der Waals surface area contributed by atoms with Gasteiger partial charge in [0.1, 0.15) is 12.5 Å². The van der Waals surface area contributed by atoms with Crippen molar-refractivity contribution in [2.45, 2.75) is 5.03 Å². The maximum Gasteiger partial charge on any atom is 0.329 e. The molecule has 0 aliphatic rings. The van der Waals surface area contributed by atoms with Crippen LogP contribution in [0.3, 0.4) is 0 Å². The minimum atomic E-state index is -3.39. The summed E-state index contributed by atoms with van der Waals surface area (Å²) in [6.07, 6.45) is 4.52. The highest BCUT2D eigenvalue weighted by atomic mass is 32.2. The lowest BCUT2D eigenvalue weighted by Crippen LogP contribution is -2.03. The van der Waals surface area contributed by atoms with Gasteiger partial charge in [-0.05, 0) is 12.1 Å². The van der Waals surface area contributed by atoms with Crippen LogP contribution in [0.15, 0.2) is 35.9 Å². The van der Waals surface area contributed by atoms with Crippen LogP contribution in [-0.4, -0.2) is 34.5 Å². The lowest BCUT2D eigenvalue weighted by Gasteiger charge is -2.05. The van der Waals surface area contributed by atoms with E-state index in [1.807, 2.05) is 0 Å². The zero-order valence-electron chi connectivity index (χ0n) is 10.2. The van der Waals surface area contributed by atoms with E-state index < -0.39 is 14.8 Å². The van der Waals surface area contributed by atoms with Gasteiger partial charge in [0.15, 0.2) is 14.9 Å². The molecule has 2 aromatic rings. The number of nitrogens with zero attached hydrogens (tertiary/aromatic N) is 4. The van der Waals surface area contributed by atoms with Gasteiger partial charge in [0.05, 0.1) is 16.8 Å². The molecule has 0 radical (unpaired) electrons. The molecule has 0 saturated carbocycles. The first-order chi connectivity index (χ1) is 9.38. The van der Waals surface area contributed by atoms with Crippen molar-refractivity contribution in [3.63, 3.8) is 0 Å². The number of pyridine rings is 1. The van der Waals surface area contributed by atoms with Gasteiger partial charge in [-0.25, -0.2) is 23.4 Å². The lowest BCUT2D eigenvalue weighted by molar-refractivity contribution is -0.384. The summed E-state index contributed by atoms with van der Waals surface area (Å²) in [5, 5.41) is 13.4. The van der Waals surface area contributed by atoms with Crippen molar-refractivity contribution in [2.75, 3.05) is 11.6 Å². The molecule has 0 fully saturated rings. The average molecular weight is 295 g/mol. The van der Waals surface area contributed by atoms with Crippen molar-refractivity contribution in [3.05, 3.63) is 41.0 Å². The molecule has 9 nitrogen and oxygen atoms in total. The Morgan fingerprint density at radius 3 is 2.55 bits per heavy atom. The van der Waals surface area contributed by atoms with Gasteiger partial charge >= 0.3 is 5.69 Å². The van der Waals surface area contributed by atoms with E-state index in [0.29, 0.717) is 5.69 Å². The predicted octanol–water partition coefficient (Wildman–Crippen LogP) is 0.927. The number of nitro groups is 1. The maximum absolute atomic E-state index is 11.3. The van der Waals surface area contributed by atoms with E-state index in [0.717, 1.165) is 18.8 Å². The van der Waals surface area contributed by atoms with E-state index in [1.165, 1.54) is 18.3 Å². The first kappa shape index (κ1) is 13.8. The van der Waals surface area contributed by atoms with Crippen LogP contribution in [0.4, 0.5) is 17.2 Å². The van der Waals surface area contributed by atoms with Crippen LogP contribution in [-0.2, 0) is 9.84 Å². The summed E-state index contributed by atoms with van der Waals surface area (Å²) in [6.45, 7) is 0. The van der Waals surface area contributed by atoms with Crippen molar-refractivity contribution < 1.29 is 13.3 Å². The second-order valence-electron chi connectivity index (χ2n) is 3.80. The van der Waals surface area contributed by atoms with Crippen molar-refractivity contribution in [2.24, 2.45) is 0 Å². The van der Waals surface area contributed by atoms with Gasteiger partial charge < -0.3 is 5.32 Å². The van der Waals surface area contributed by atoms with Gasteiger partial charge in [-0.3, -0.25) is 10.1 Å². The standard InChI is InChI=1S/C10H9N5O4S/c1-20(18,19)9-3-2-7(4-12-9)14-10-8(15(16)17)5-11-6-13-10/h2-6H,1H3,(H,11,13,14). The summed E-state index contributed by atoms with van der Waals surface area (Å²) in [6, 6.07) is 2.74. The SMILES string of the molecule is CS(=O)(=O)c1ccc(Nc2ncncc2[N+](=O)[O-])cn1. The summed E-state index contributed by atoms with van der Waals surface area (Å²) in [5.41, 5.74) is 0.0823. The molecule has 0 amide bonds. The molecular formula is C10H9N5O4S. The number of aromatic nitrogens is 3. The first-order valence-corrected chi connectivity index (χ1v) is 7.14. The molecular weight excluding hydrogens is 286 g/mol. The molecule has 0 unspecified atom stereocenters. The molecule has 2 rings (SSSR count). The van der Waals surface area contributed by atoms with Crippen LogP contribution in [0, 0.1) is 10.1 Å². The Morgan fingerprint density at radius 2 is 2.00 bits per heavy atom. The number of rotatable bonds is 4. The zero-order valence-corrected chi connectivity index (χ0v) is 11.0. The molecule has 20 heavy (non-hydrogen) atoms. The average Bonchev–Trinajstić information content (AvgIpc) is 2.38. The summed E-state index contributed by atoms with van der Waals surface area (Å²) in [4.78, 5) is 21.2. The van der Waals surface area contributed by atoms with Crippen molar-refractivity contribution in [1.29, 1.82) is 0 Å². The van der Waals surface area contributed by atoms with Gasteiger partial charge in [-0.2, -0.15) is 0 Å². The Bertz CT molecular complexity index is 744. The number of hydrogen-bond donors (Lipinski definition) is 1. The second kappa shape index (κ2) is 5.17. The smallest absolute Gasteiger partial charge is 0.329 e. The fourth-order valence-corrected chi connectivity index (χ4v) is 1.92. The molecule has 104 valence electrons. The molecule has 2 heterocycles. The van der Waals surface area contributed by atoms with Crippen molar-refractivity contribution >= 4 is 27.0 Å². The molecule has 0 aromatic carbocycles. The van der Waals surface area contributed by atoms with E-state index in [4.69, 9.17) is 0 Å². The first-order valence-electron chi connectivity index (χ1n) is 5.25. The summed E-state index contributed by atoms with van der Waals surface area (Å²) < 4.78 is 22.5. The highest BCUT2D eigenvalue weighted by molar-refractivity contribution is 7.90. The van der Waals surface area contributed by atoms with Crippen molar-refractivity contribution in [3.8, 4) is 0 Å².